The number of esters is 1. The third-order valence-corrected chi connectivity index (χ3v) is 6.69. The molecule has 25 heavy (non-hydrogen) atoms. The SMILES string of the molecule is Cc1c(Br)sc2[nH]c(=O)n(CC3(C(=O)OC(C)(C)C)CCC3)c(=O)c12. The number of H-pyrrole nitrogens is 1. The van der Waals surface area contributed by atoms with Crippen LogP contribution in [0.25, 0.3) is 10.2 Å². The second-order valence-corrected chi connectivity index (χ2v) is 10.0. The van der Waals surface area contributed by atoms with Crippen molar-refractivity contribution < 1.29 is 9.53 Å². The van der Waals surface area contributed by atoms with E-state index in [1.165, 1.54) is 11.3 Å². The van der Waals surface area contributed by atoms with Crippen LogP contribution in [0, 0.1) is 12.3 Å². The molecule has 0 radical (unpaired) electrons. The summed E-state index contributed by atoms with van der Waals surface area (Å²) in [7, 11) is 0. The Kier molecular flexibility index (Phi) is 4.48. The molecule has 2 heterocycles. The monoisotopic (exact) mass is 428 g/mol. The highest BCUT2D eigenvalue weighted by Crippen LogP contribution is 2.44. The van der Waals surface area contributed by atoms with E-state index in [1.54, 1.807) is 0 Å². The number of aromatic nitrogens is 2. The topological polar surface area (TPSA) is 81.2 Å². The molecule has 0 bridgehead atoms. The fraction of sp³-hybridized carbons (Fsp3) is 0.588. The molecule has 3 rings (SSSR count). The first kappa shape index (κ1) is 18.4. The Morgan fingerprint density at radius 1 is 1.36 bits per heavy atom. The largest absolute Gasteiger partial charge is 0.459 e. The Hall–Kier alpha value is -1.41. The zero-order valence-corrected chi connectivity index (χ0v) is 17.1. The van der Waals surface area contributed by atoms with E-state index in [2.05, 4.69) is 20.9 Å². The second kappa shape index (κ2) is 6.09. The molecule has 1 N–H and O–H groups in total. The summed E-state index contributed by atoms with van der Waals surface area (Å²) >= 11 is 4.73. The van der Waals surface area contributed by atoms with Crippen molar-refractivity contribution in [2.24, 2.45) is 5.41 Å². The van der Waals surface area contributed by atoms with Crippen LogP contribution >= 0.6 is 27.3 Å². The van der Waals surface area contributed by atoms with E-state index in [0.29, 0.717) is 23.1 Å². The number of fused-ring (bicyclic) bond motifs is 1. The molecule has 8 heteroatoms. The lowest BCUT2D eigenvalue weighted by molar-refractivity contribution is -0.175. The molecule has 6 nitrogen and oxygen atoms in total. The minimum Gasteiger partial charge on any atom is -0.459 e. The van der Waals surface area contributed by atoms with Crippen molar-refractivity contribution >= 4 is 43.5 Å². The zero-order chi connectivity index (χ0) is 18.6. The molecule has 1 aliphatic rings. The standard InChI is InChI=1S/C17H21BrN2O4S/c1-9-10-12(25-11(9)18)19-15(23)20(13(10)21)8-17(6-5-7-17)14(22)24-16(2,3)4/h5-8H2,1-4H3,(H,19,23). The number of hydrogen-bond donors (Lipinski definition) is 1. The van der Waals surface area contributed by atoms with E-state index < -0.39 is 16.7 Å². The Bertz CT molecular complexity index is 960. The van der Waals surface area contributed by atoms with Crippen molar-refractivity contribution in [3.63, 3.8) is 0 Å². The van der Waals surface area contributed by atoms with E-state index in [4.69, 9.17) is 4.74 Å². The lowest BCUT2D eigenvalue weighted by Crippen LogP contribution is -2.49. The van der Waals surface area contributed by atoms with E-state index in [1.807, 2.05) is 27.7 Å². The Labute approximate surface area is 157 Å². The van der Waals surface area contributed by atoms with Crippen molar-refractivity contribution in [3.05, 3.63) is 30.2 Å². The van der Waals surface area contributed by atoms with Gasteiger partial charge in [-0.3, -0.25) is 19.1 Å². The smallest absolute Gasteiger partial charge is 0.329 e. The third kappa shape index (κ3) is 3.21. The van der Waals surface area contributed by atoms with Gasteiger partial charge in [-0.25, -0.2) is 4.79 Å². The van der Waals surface area contributed by atoms with Crippen molar-refractivity contribution in [1.82, 2.24) is 9.55 Å². The number of halogens is 1. The van der Waals surface area contributed by atoms with Crippen LogP contribution in [0.4, 0.5) is 0 Å². The van der Waals surface area contributed by atoms with Crippen LogP contribution in [0.5, 0.6) is 0 Å². The van der Waals surface area contributed by atoms with Gasteiger partial charge < -0.3 is 4.74 Å². The molecule has 136 valence electrons. The average molecular weight is 429 g/mol. The molecule has 1 saturated carbocycles. The lowest BCUT2D eigenvalue weighted by atomic mass is 9.68. The summed E-state index contributed by atoms with van der Waals surface area (Å²) in [6.45, 7) is 7.33. The normalized spacial score (nSPS) is 16.7. The van der Waals surface area contributed by atoms with Gasteiger partial charge in [-0.15, -0.1) is 11.3 Å². The number of nitrogens with zero attached hydrogens (tertiary/aromatic N) is 1. The molecule has 0 aromatic carbocycles. The first-order chi connectivity index (χ1) is 11.5. The maximum Gasteiger partial charge on any atom is 0.329 e. The van der Waals surface area contributed by atoms with Gasteiger partial charge >= 0.3 is 11.7 Å². The number of rotatable bonds is 3. The molecule has 0 spiro atoms. The molecule has 2 aromatic heterocycles. The van der Waals surface area contributed by atoms with Gasteiger partial charge in [-0.1, -0.05) is 6.42 Å². The number of carbonyl (C=O) groups is 1. The van der Waals surface area contributed by atoms with Crippen LogP contribution in [0.15, 0.2) is 13.4 Å². The van der Waals surface area contributed by atoms with Crippen molar-refractivity contribution in [2.75, 3.05) is 0 Å². The Balaban J connectivity index is 2.05. The summed E-state index contributed by atoms with van der Waals surface area (Å²) in [5.74, 6) is -0.333. The number of aromatic amines is 1. The van der Waals surface area contributed by atoms with E-state index in [9.17, 15) is 14.4 Å². The molecule has 0 saturated heterocycles. The minimum atomic E-state index is -0.793. The number of thiophene rings is 1. The highest BCUT2D eigenvalue weighted by atomic mass is 79.9. The first-order valence-electron chi connectivity index (χ1n) is 8.19. The maximum atomic E-state index is 12.9. The molecule has 1 aliphatic carbocycles. The highest BCUT2D eigenvalue weighted by Gasteiger charge is 2.47. The number of aryl methyl sites for hydroxylation is 1. The lowest BCUT2D eigenvalue weighted by Gasteiger charge is -2.41. The Morgan fingerprint density at radius 3 is 2.52 bits per heavy atom. The van der Waals surface area contributed by atoms with E-state index in [0.717, 1.165) is 20.3 Å². The average Bonchev–Trinajstić information content (AvgIpc) is 2.70. The number of ether oxygens (including phenoxy) is 1. The van der Waals surface area contributed by atoms with Crippen LogP contribution in [0.1, 0.15) is 45.6 Å². The number of carbonyl (C=O) groups excluding carboxylic acids is 1. The summed E-state index contributed by atoms with van der Waals surface area (Å²) in [5.41, 5.74) is -1.43. The Morgan fingerprint density at radius 2 is 2.00 bits per heavy atom. The molecule has 0 atom stereocenters. The first-order valence-corrected chi connectivity index (χ1v) is 9.80. The van der Waals surface area contributed by atoms with Gasteiger partial charge in [-0.05, 0) is 62.0 Å². The van der Waals surface area contributed by atoms with Gasteiger partial charge in [0.05, 0.1) is 14.6 Å². The van der Waals surface area contributed by atoms with Gasteiger partial charge in [0.2, 0.25) is 0 Å². The van der Waals surface area contributed by atoms with E-state index in [-0.39, 0.29) is 18.1 Å². The number of nitrogens with one attached hydrogen (secondary N) is 1. The molecular formula is C17H21BrN2O4S. The minimum absolute atomic E-state index is 0.0545. The summed E-state index contributed by atoms with van der Waals surface area (Å²) in [6.07, 6.45) is 2.13. The van der Waals surface area contributed by atoms with Gasteiger partial charge in [0, 0.05) is 6.54 Å². The van der Waals surface area contributed by atoms with Crippen molar-refractivity contribution in [1.29, 1.82) is 0 Å². The van der Waals surface area contributed by atoms with Crippen molar-refractivity contribution in [2.45, 2.75) is 59.1 Å². The van der Waals surface area contributed by atoms with Crippen LogP contribution in [-0.2, 0) is 16.1 Å². The summed E-state index contributed by atoms with van der Waals surface area (Å²) < 4.78 is 7.51. The summed E-state index contributed by atoms with van der Waals surface area (Å²) in [5, 5.41) is 0.495. The maximum absolute atomic E-state index is 12.9. The third-order valence-electron chi connectivity index (χ3n) is 4.62. The molecule has 0 aliphatic heterocycles. The van der Waals surface area contributed by atoms with Crippen molar-refractivity contribution in [3.8, 4) is 0 Å². The molecule has 0 unspecified atom stereocenters. The van der Waals surface area contributed by atoms with Gasteiger partial charge in [0.15, 0.2) is 0 Å². The molecule has 0 amide bonds. The van der Waals surface area contributed by atoms with E-state index >= 15 is 0 Å². The molecule has 1 fully saturated rings. The molecule has 2 aromatic rings. The van der Waals surface area contributed by atoms with Crippen LogP contribution < -0.4 is 11.2 Å². The summed E-state index contributed by atoms with van der Waals surface area (Å²) in [4.78, 5) is 41.3. The molecular weight excluding hydrogens is 408 g/mol. The zero-order valence-electron chi connectivity index (χ0n) is 14.7. The summed E-state index contributed by atoms with van der Waals surface area (Å²) in [6, 6.07) is 0. The van der Waals surface area contributed by atoms with Gasteiger partial charge in [0.1, 0.15) is 10.4 Å². The van der Waals surface area contributed by atoms with Crippen LogP contribution in [0.3, 0.4) is 0 Å². The second-order valence-electron chi connectivity index (χ2n) is 7.66. The quantitative estimate of drug-likeness (QED) is 0.759. The van der Waals surface area contributed by atoms with Gasteiger partial charge in [-0.2, -0.15) is 0 Å². The number of hydrogen-bond acceptors (Lipinski definition) is 5. The van der Waals surface area contributed by atoms with Gasteiger partial charge in [0.25, 0.3) is 5.56 Å². The predicted octanol–water partition coefficient (Wildman–Crippen LogP) is 3.33. The predicted molar refractivity (Wildman–Crippen MR) is 101 cm³/mol. The highest BCUT2D eigenvalue weighted by molar-refractivity contribution is 9.11. The fourth-order valence-electron chi connectivity index (χ4n) is 3.09. The fourth-order valence-corrected chi connectivity index (χ4v) is 4.69. The van der Waals surface area contributed by atoms with Crippen LogP contribution in [0.2, 0.25) is 0 Å². The van der Waals surface area contributed by atoms with Crippen LogP contribution in [-0.4, -0.2) is 21.1 Å².